The van der Waals surface area contributed by atoms with E-state index in [-0.39, 0.29) is 0 Å². The van der Waals surface area contributed by atoms with E-state index in [0.717, 1.165) is 37.6 Å². The summed E-state index contributed by atoms with van der Waals surface area (Å²) >= 11 is 0. The fourth-order valence-corrected chi connectivity index (χ4v) is 2.33. The number of hydrogen-bond acceptors (Lipinski definition) is 3. The number of nitrogens with zero attached hydrogens (tertiary/aromatic N) is 2. The van der Waals surface area contributed by atoms with E-state index in [1.54, 1.807) is 0 Å². The van der Waals surface area contributed by atoms with Crippen molar-refractivity contribution in [3.05, 3.63) is 17.2 Å². The lowest BCUT2D eigenvalue weighted by Gasteiger charge is -2.23. The number of hydrogen-bond donors (Lipinski definition) is 1. The standard InChI is InChI=1S/C11H19N3O/c1-8-13-10(7-12)11(14(8)2)9-3-5-15-6-4-9/h9H,3-7,12H2,1-2H3. The molecule has 0 spiro atoms. The molecule has 0 aliphatic carbocycles. The van der Waals surface area contributed by atoms with E-state index < -0.39 is 0 Å². The molecular weight excluding hydrogens is 190 g/mol. The molecule has 4 nitrogen and oxygen atoms in total. The molecule has 4 heteroatoms. The van der Waals surface area contributed by atoms with E-state index in [9.17, 15) is 0 Å². The fourth-order valence-electron chi connectivity index (χ4n) is 2.33. The molecule has 0 bridgehead atoms. The third-order valence-electron chi connectivity index (χ3n) is 3.24. The van der Waals surface area contributed by atoms with E-state index in [1.807, 2.05) is 6.92 Å². The highest BCUT2D eigenvalue weighted by Crippen LogP contribution is 2.29. The monoisotopic (exact) mass is 209 g/mol. The van der Waals surface area contributed by atoms with Gasteiger partial charge in [-0.05, 0) is 19.8 Å². The SMILES string of the molecule is Cc1nc(CN)c(C2CCOCC2)n1C. The van der Waals surface area contributed by atoms with Crippen molar-refractivity contribution < 1.29 is 4.74 Å². The molecule has 84 valence electrons. The largest absolute Gasteiger partial charge is 0.381 e. The zero-order valence-corrected chi connectivity index (χ0v) is 9.49. The van der Waals surface area contributed by atoms with Crippen LogP contribution in [-0.2, 0) is 18.3 Å². The van der Waals surface area contributed by atoms with Crippen LogP contribution in [0, 0.1) is 6.92 Å². The molecule has 1 aromatic rings. The van der Waals surface area contributed by atoms with Crippen LogP contribution in [-0.4, -0.2) is 22.8 Å². The van der Waals surface area contributed by atoms with Gasteiger partial charge < -0.3 is 15.0 Å². The van der Waals surface area contributed by atoms with Gasteiger partial charge in [-0.1, -0.05) is 0 Å². The van der Waals surface area contributed by atoms with Crippen LogP contribution in [0.3, 0.4) is 0 Å². The maximum Gasteiger partial charge on any atom is 0.105 e. The van der Waals surface area contributed by atoms with Crippen molar-refractivity contribution in [3.8, 4) is 0 Å². The van der Waals surface area contributed by atoms with Crippen molar-refractivity contribution >= 4 is 0 Å². The quantitative estimate of drug-likeness (QED) is 0.793. The van der Waals surface area contributed by atoms with Crippen LogP contribution >= 0.6 is 0 Å². The molecular formula is C11H19N3O. The molecule has 1 aliphatic heterocycles. The van der Waals surface area contributed by atoms with Crippen LogP contribution in [0.15, 0.2) is 0 Å². The third-order valence-corrected chi connectivity index (χ3v) is 3.24. The van der Waals surface area contributed by atoms with Crippen LogP contribution in [0.4, 0.5) is 0 Å². The molecule has 2 N–H and O–H groups in total. The lowest BCUT2D eigenvalue weighted by molar-refractivity contribution is 0.0837. The molecule has 0 atom stereocenters. The van der Waals surface area contributed by atoms with E-state index >= 15 is 0 Å². The minimum absolute atomic E-state index is 0.536. The summed E-state index contributed by atoms with van der Waals surface area (Å²) in [6.45, 7) is 4.29. The maximum absolute atomic E-state index is 5.73. The molecule has 0 radical (unpaired) electrons. The summed E-state index contributed by atoms with van der Waals surface area (Å²) in [5.74, 6) is 1.63. The molecule has 1 aliphatic rings. The zero-order valence-electron chi connectivity index (χ0n) is 9.49. The Labute approximate surface area is 90.4 Å². The van der Waals surface area contributed by atoms with E-state index in [2.05, 4.69) is 16.6 Å². The van der Waals surface area contributed by atoms with Gasteiger partial charge in [0.15, 0.2) is 0 Å². The van der Waals surface area contributed by atoms with Crippen LogP contribution in [0.1, 0.15) is 36.0 Å². The van der Waals surface area contributed by atoms with Crippen LogP contribution in [0.5, 0.6) is 0 Å². The summed E-state index contributed by atoms with van der Waals surface area (Å²) in [5.41, 5.74) is 8.11. The summed E-state index contributed by atoms with van der Waals surface area (Å²) < 4.78 is 7.56. The fraction of sp³-hybridized carbons (Fsp3) is 0.727. The van der Waals surface area contributed by atoms with Crippen LogP contribution in [0.2, 0.25) is 0 Å². The highest BCUT2D eigenvalue weighted by Gasteiger charge is 2.23. The second-order valence-electron chi connectivity index (χ2n) is 4.14. The first-order valence-electron chi connectivity index (χ1n) is 5.54. The summed E-state index contributed by atoms with van der Waals surface area (Å²) in [7, 11) is 2.08. The summed E-state index contributed by atoms with van der Waals surface area (Å²) in [6.07, 6.45) is 2.18. The van der Waals surface area contributed by atoms with Gasteiger partial charge in [0.2, 0.25) is 0 Å². The molecule has 0 saturated carbocycles. The van der Waals surface area contributed by atoms with Crippen molar-refractivity contribution in [3.63, 3.8) is 0 Å². The number of rotatable bonds is 2. The Bertz CT molecular complexity index is 340. The van der Waals surface area contributed by atoms with E-state index in [4.69, 9.17) is 10.5 Å². The van der Waals surface area contributed by atoms with E-state index in [1.165, 1.54) is 5.69 Å². The molecule has 1 aromatic heterocycles. The van der Waals surface area contributed by atoms with Gasteiger partial charge in [0.05, 0.1) is 5.69 Å². The molecule has 0 amide bonds. The molecule has 0 unspecified atom stereocenters. The van der Waals surface area contributed by atoms with Gasteiger partial charge >= 0.3 is 0 Å². The normalized spacial score (nSPS) is 18.3. The topological polar surface area (TPSA) is 53.1 Å². The van der Waals surface area contributed by atoms with Crippen molar-refractivity contribution in [1.29, 1.82) is 0 Å². The van der Waals surface area contributed by atoms with Gasteiger partial charge in [-0.2, -0.15) is 0 Å². The predicted octanol–water partition coefficient (Wildman–Crippen LogP) is 1.08. The smallest absolute Gasteiger partial charge is 0.105 e. The first-order chi connectivity index (χ1) is 7.24. The Morgan fingerprint density at radius 1 is 1.47 bits per heavy atom. The third kappa shape index (κ3) is 1.92. The number of ether oxygens (including phenoxy) is 1. The average molecular weight is 209 g/mol. The van der Waals surface area contributed by atoms with Gasteiger partial charge in [0.25, 0.3) is 0 Å². The Morgan fingerprint density at radius 3 is 2.73 bits per heavy atom. The van der Waals surface area contributed by atoms with Gasteiger partial charge in [0, 0.05) is 38.4 Å². The number of imidazole rings is 1. The van der Waals surface area contributed by atoms with Gasteiger partial charge in [-0.15, -0.1) is 0 Å². The van der Waals surface area contributed by atoms with Crippen molar-refractivity contribution in [2.75, 3.05) is 13.2 Å². The van der Waals surface area contributed by atoms with Crippen molar-refractivity contribution in [1.82, 2.24) is 9.55 Å². The molecule has 2 heterocycles. The number of nitrogens with two attached hydrogens (primary N) is 1. The summed E-state index contributed by atoms with van der Waals surface area (Å²) in [5, 5.41) is 0. The zero-order chi connectivity index (χ0) is 10.8. The van der Waals surface area contributed by atoms with Crippen LogP contribution < -0.4 is 5.73 Å². The lowest BCUT2D eigenvalue weighted by Crippen LogP contribution is -2.18. The second-order valence-corrected chi connectivity index (χ2v) is 4.14. The maximum atomic E-state index is 5.73. The Morgan fingerprint density at radius 2 is 2.13 bits per heavy atom. The van der Waals surface area contributed by atoms with Crippen LogP contribution in [0.25, 0.3) is 0 Å². The van der Waals surface area contributed by atoms with Crippen molar-refractivity contribution in [2.24, 2.45) is 12.8 Å². The molecule has 1 saturated heterocycles. The van der Waals surface area contributed by atoms with Gasteiger partial charge in [-0.3, -0.25) is 0 Å². The Balaban J connectivity index is 2.31. The highest BCUT2D eigenvalue weighted by atomic mass is 16.5. The predicted molar refractivity (Wildman–Crippen MR) is 58.6 cm³/mol. The first-order valence-corrected chi connectivity index (χ1v) is 5.54. The highest BCUT2D eigenvalue weighted by molar-refractivity contribution is 5.21. The molecule has 2 rings (SSSR count). The number of aromatic nitrogens is 2. The molecule has 1 fully saturated rings. The van der Waals surface area contributed by atoms with Crippen molar-refractivity contribution in [2.45, 2.75) is 32.2 Å². The minimum atomic E-state index is 0.536. The lowest BCUT2D eigenvalue weighted by atomic mass is 9.95. The molecule has 0 aromatic carbocycles. The summed E-state index contributed by atoms with van der Waals surface area (Å²) in [4.78, 5) is 4.50. The van der Waals surface area contributed by atoms with Gasteiger partial charge in [-0.25, -0.2) is 4.98 Å². The molecule has 15 heavy (non-hydrogen) atoms. The minimum Gasteiger partial charge on any atom is -0.381 e. The second kappa shape index (κ2) is 4.33. The van der Waals surface area contributed by atoms with Gasteiger partial charge in [0.1, 0.15) is 5.82 Å². The number of aryl methyl sites for hydroxylation is 1. The van der Waals surface area contributed by atoms with E-state index in [0.29, 0.717) is 12.5 Å². The average Bonchev–Trinajstić information content (AvgIpc) is 2.56. The first kappa shape index (κ1) is 10.6. The summed E-state index contributed by atoms with van der Waals surface area (Å²) in [6, 6.07) is 0. The Hall–Kier alpha value is -0.870. The Kier molecular flexibility index (Phi) is 3.07.